The van der Waals surface area contributed by atoms with Gasteiger partial charge < -0.3 is 0 Å². The molecule has 1 aliphatic carbocycles. The van der Waals surface area contributed by atoms with Crippen LogP contribution >= 0.6 is 0 Å². The molecule has 2 nitrogen and oxygen atoms in total. The molecule has 0 aliphatic heterocycles. The van der Waals surface area contributed by atoms with Gasteiger partial charge in [-0.05, 0) is 6.42 Å². The smallest absolute Gasteiger partial charge is 0.239 e. The molecule has 42 valence electrons. The van der Waals surface area contributed by atoms with Crippen molar-refractivity contribution in [3.05, 3.63) is 12.2 Å². The minimum absolute atomic E-state index is 0.0764. The highest BCUT2D eigenvalue weighted by molar-refractivity contribution is 6.42. The number of hydrogen-bond acceptors (Lipinski definition) is 1. The summed E-state index contributed by atoms with van der Waals surface area (Å²) in [7, 11) is 0. The van der Waals surface area contributed by atoms with E-state index in [1.165, 1.54) is 0 Å². The molecule has 2 heteroatoms. The lowest BCUT2D eigenvalue weighted by atomic mass is 10.1. The van der Waals surface area contributed by atoms with Crippen molar-refractivity contribution in [2.24, 2.45) is 0 Å². The Morgan fingerprint density at radius 1 is 1.62 bits per heavy atom. The molecule has 8 heavy (non-hydrogen) atoms. The number of Topliss-reactive ketones (excluding diaryl/α,β-unsaturated/α-hetero) is 1. The van der Waals surface area contributed by atoms with Gasteiger partial charge in [0.05, 0.1) is 0 Å². The molecule has 0 aromatic rings. The van der Waals surface area contributed by atoms with E-state index in [9.17, 15) is 4.79 Å². The fourth-order valence-electron chi connectivity index (χ4n) is 0.662. The SMILES string of the molecule is [NH2+]=C1C=CCCC1=O. The largest absolute Gasteiger partial charge is 0.287 e. The molecule has 0 saturated carbocycles. The summed E-state index contributed by atoms with van der Waals surface area (Å²) in [5.74, 6) is 0.0764. The summed E-state index contributed by atoms with van der Waals surface area (Å²) in [6.45, 7) is 0. The first-order chi connectivity index (χ1) is 3.80. The van der Waals surface area contributed by atoms with Crippen LogP contribution in [0.1, 0.15) is 12.8 Å². The molecule has 0 saturated heterocycles. The van der Waals surface area contributed by atoms with Crippen molar-refractivity contribution in [1.82, 2.24) is 0 Å². The molecule has 0 bridgehead atoms. The zero-order valence-electron chi connectivity index (χ0n) is 4.55. The van der Waals surface area contributed by atoms with E-state index in [-0.39, 0.29) is 5.78 Å². The summed E-state index contributed by atoms with van der Waals surface area (Å²) in [6.07, 6.45) is 5.02. The predicted molar refractivity (Wildman–Crippen MR) is 30.3 cm³/mol. The maximum absolute atomic E-state index is 10.6. The molecule has 0 atom stereocenters. The van der Waals surface area contributed by atoms with Gasteiger partial charge in [0, 0.05) is 12.5 Å². The molecule has 0 spiro atoms. The maximum atomic E-state index is 10.6. The predicted octanol–water partition coefficient (Wildman–Crippen LogP) is -0.894. The summed E-state index contributed by atoms with van der Waals surface area (Å²) in [5.41, 5.74) is 0.399. The van der Waals surface area contributed by atoms with Crippen LogP contribution in [0, 0.1) is 0 Å². The zero-order valence-corrected chi connectivity index (χ0v) is 4.55. The van der Waals surface area contributed by atoms with Crippen molar-refractivity contribution >= 4 is 11.5 Å². The maximum Gasteiger partial charge on any atom is 0.239 e. The van der Waals surface area contributed by atoms with Gasteiger partial charge in [-0.2, -0.15) is 0 Å². The van der Waals surface area contributed by atoms with E-state index < -0.39 is 0 Å². The topological polar surface area (TPSA) is 42.7 Å². The second kappa shape index (κ2) is 1.90. The first-order valence-electron chi connectivity index (χ1n) is 2.63. The Morgan fingerprint density at radius 3 is 2.75 bits per heavy atom. The van der Waals surface area contributed by atoms with Crippen LogP contribution in [0.15, 0.2) is 12.2 Å². The lowest BCUT2D eigenvalue weighted by Gasteiger charge is -1.95. The third kappa shape index (κ3) is 0.832. The first kappa shape index (κ1) is 5.22. The van der Waals surface area contributed by atoms with Crippen LogP contribution in [0.25, 0.3) is 0 Å². The van der Waals surface area contributed by atoms with Gasteiger partial charge in [0.1, 0.15) is 0 Å². The van der Waals surface area contributed by atoms with E-state index >= 15 is 0 Å². The van der Waals surface area contributed by atoms with E-state index in [1.54, 1.807) is 6.08 Å². The highest BCUT2D eigenvalue weighted by Crippen LogP contribution is 1.99. The molecule has 0 unspecified atom stereocenters. The van der Waals surface area contributed by atoms with Crippen molar-refractivity contribution in [1.29, 1.82) is 0 Å². The van der Waals surface area contributed by atoms with Crippen LogP contribution in [0.2, 0.25) is 0 Å². The standard InChI is InChI=1S/C6H7NO/c7-5-3-1-2-4-6(5)8/h1,3,7H,2,4H2/p+1. The summed E-state index contributed by atoms with van der Waals surface area (Å²) >= 11 is 0. The molecular weight excluding hydrogens is 102 g/mol. The van der Waals surface area contributed by atoms with Crippen LogP contribution in [-0.2, 0) is 4.79 Å². The lowest BCUT2D eigenvalue weighted by Crippen LogP contribution is -2.44. The minimum atomic E-state index is 0.0764. The molecule has 1 aliphatic rings. The number of ketones is 1. The van der Waals surface area contributed by atoms with Crippen LogP contribution < -0.4 is 5.41 Å². The van der Waals surface area contributed by atoms with E-state index in [1.807, 2.05) is 6.08 Å². The zero-order chi connectivity index (χ0) is 5.98. The summed E-state index contributed by atoms with van der Waals surface area (Å²) in [6, 6.07) is 0. The average Bonchev–Trinajstić information content (AvgIpc) is 1.77. The number of rotatable bonds is 0. The normalized spacial score (nSPS) is 19.5. The Balaban J connectivity index is 2.75. The van der Waals surface area contributed by atoms with Crippen LogP contribution in [0.4, 0.5) is 0 Å². The Kier molecular flexibility index (Phi) is 1.24. The Hall–Kier alpha value is -0.920. The molecule has 0 aromatic heterocycles. The molecule has 0 aromatic carbocycles. The molecule has 2 N–H and O–H groups in total. The monoisotopic (exact) mass is 110 g/mol. The van der Waals surface area contributed by atoms with Crippen molar-refractivity contribution < 1.29 is 10.2 Å². The number of carbonyl (C=O) groups is 1. The molecule has 1 rings (SSSR count). The Labute approximate surface area is 47.7 Å². The van der Waals surface area contributed by atoms with Gasteiger partial charge in [-0.1, -0.05) is 6.08 Å². The minimum Gasteiger partial charge on any atom is -0.287 e. The van der Waals surface area contributed by atoms with Gasteiger partial charge in [-0.25, -0.2) is 0 Å². The second-order valence-corrected chi connectivity index (χ2v) is 1.82. The van der Waals surface area contributed by atoms with E-state index in [0.717, 1.165) is 6.42 Å². The summed E-state index contributed by atoms with van der Waals surface area (Å²) in [5, 5.41) is 5.26. The summed E-state index contributed by atoms with van der Waals surface area (Å²) < 4.78 is 0. The number of carbonyl (C=O) groups excluding carboxylic acids is 1. The first-order valence-corrected chi connectivity index (χ1v) is 2.63. The van der Waals surface area contributed by atoms with Crippen LogP contribution in [0.5, 0.6) is 0 Å². The van der Waals surface area contributed by atoms with E-state index in [0.29, 0.717) is 12.1 Å². The van der Waals surface area contributed by atoms with Crippen molar-refractivity contribution in [3.63, 3.8) is 0 Å². The quantitative estimate of drug-likeness (QED) is 0.431. The van der Waals surface area contributed by atoms with Gasteiger partial charge >= 0.3 is 0 Å². The van der Waals surface area contributed by atoms with Crippen LogP contribution in [0.3, 0.4) is 0 Å². The number of hydrogen-bond donors (Lipinski definition) is 1. The number of allylic oxidation sites excluding steroid dienone is 2. The fourth-order valence-corrected chi connectivity index (χ4v) is 0.662. The lowest BCUT2D eigenvalue weighted by molar-refractivity contribution is -0.134. The molecule has 0 fully saturated rings. The van der Waals surface area contributed by atoms with Gasteiger partial charge in [-0.15, -0.1) is 0 Å². The van der Waals surface area contributed by atoms with Crippen molar-refractivity contribution in [2.45, 2.75) is 12.8 Å². The van der Waals surface area contributed by atoms with Crippen LogP contribution in [-0.4, -0.2) is 11.5 Å². The van der Waals surface area contributed by atoms with E-state index in [4.69, 9.17) is 5.41 Å². The highest BCUT2D eigenvalue weighted by Gasteiger charge is 2.13. The van der Waals surface area contributed by atoms with Crippen molar-refractivity contribution in [3.8, 4) is 0 Å². The average molecular weight is 110 g/mol. The Morgan fingerprint density at radius 2 is 2.38 bits per heavy atom. The fraction of sp³-hybridized carbons (Fsp3) is 0.333. The summed E-state index contributed by atoms with van der Waals surface area (Å²) in [4.78, 5) is 10.6. The Bertz CT molecular complexity index is 158. The van der Waals surface area contributed by atoms with Crippen molar-refractivity contribution in [2.75, 3.05) is 0 Å². The molecular formula is C6H8NO+. The third-order valence-corrected chi connectivity index (χ3v) is 1.16. The number of nitrogens with two attached hydrogens (primary N) is 1. The molecule has 0 radical (unpaired) electrons. The molecule has 0 amide bonds. The van der Waals surface area contributed by atoms with E-state index in [2.05, 4.69) is 0 Å². The van der Waals surface area contributed by atoms with Gasteiger partial charge in [-0.3, -0.25) is 10.2 Å². The second-order valence-electron chi connectivity index (χ2n) is 1.82. The third-order valence-electron chi connectivity index (χ3n) is 1.16. The van der Waals surface area contributed by atoms with Gasteiger partial charge in [0.15, 0.2) is 0 Å². The highest BCUT2D eigenvalue weighted by atomic mass is 16.1. The van der Waals surface area contributed by atoms with Gasteiger partial charge in [0.25, 0.3) is 0 Å². The van der Waals surface area contributed by atoms with Gasteiger partial charge in [0.2, 0.25) is 11.5 Å². The molecule has 0 heterocycles.